The van der Waals surface area contributed by atoms with Gasteiger partial charge in [0.2, 0.25) is 11.8 Å². The highest BCUT2D eigenvalue weighted by Crippen LogP contribution is 2.30. The number of piperidine rings is 1. The molecule has 1 fully saturated rings. The lowest BCUT2D eigenvalue weighted by atomic mass is 10.1. The zero-order valence-electron chi connectivity index (χ0n) is 19.4. The van der Waals surface area contributed by atoms with E-state index < -0.39 is 15.7 Å². The van der Waals surface area contributed by atoms with E-state index in [-0.39, 0.29) is 22.6 Å². The fourth-order valence-corrected chi connectivity index (χ4v) is 4.82. The smallest absolute Gasteiger partial charge is 0.225 e. The van der Waals surface area contributed by atoms with Crippen LogP contribution >= 0.6 is 0 Å². The largest absolute Gasteiger partial charge is 0.436 e. The van der Waals surface area contributed by atoms with Crippen molar-refractivity contribution in [2.24, 2.45) is 0 Å². The average molecular weight is 497 g/mol. The summed E-state index contributed by atoms with van der Waals surface area (Å²) < 4.78 is 45.2. The van der Waals surface area contributed by atoms with E-state index in [4.69, 9.17) is 4.74 Å². The Hall–Kier alpha value is -3.60. The molecule has 0 bridgehead atoms. The molecule has 1 saturated heterocycles. The second kappa shape index (κ2) is 9.21. The summed E-state index contributed by atoms with van der Waals surface area (Å²) in [5.74, 6) is 0.0839. The number of aromatic nitrogens is 5. The summed E-state index contributed by atoms with van der Waals surface area (Å²) in [6.07, 6.45) is 10.9. The van der Waals surface area contributed by atoms with Crippen LogP contribution in [0.25, 0.3) is 10.9 Å². The Bertz CT molecular complexity index is 1460. The first-order valence-electron chi connectivity index (χ1n) is 11.4. The molecule has 0 radical (unpaired) electrons. The van der Waals surface area contributed by atoms with Gasteiger partial charge in [0, 0.05) is 43.2 Å². The molecule has 1 aliphatic rings. The van der Waals surface area contributed by atoms with Crippen molar-refractivity contribution in [2.75, 3.05) is 24.2 Å². The van der Waals surface area contributed by atoms with E-state index >= 15 is 0 Å². The number of pyridine rings is 1. The lowest BCUT2D eigenvalue weighted by Gasteiger charge is -2.32. The normalized spacial score (nSPS) is 15.0. The molecule has 1 aliphatic heterocycles. The van der Waals surface area contributed by atoms with Crippen molar-refractivity contribution in [3.05, 3.63) is 60.4 Å². The first-order valence-corrected chi connectivity index (χ1v) is 13.3. The molecular weight excluding hydrogens is 471 g/mol. The van der Waals surface area contributed by atoms with E-state index in [0.717, 1.165) is 67.1 Å². The van der Waals surface area contributed by atoms with E-state index in [9.17, 15) is 12.8 Å². The molecule has 9 nitrogen and oxygen atoms in total. The van der Waals surface area contributed by atoms with Gasteiger partial charge in [-0.25, -0.2) is 27.8 Å². The standard InChI is InChI=1S/C24H25FN6O3S/c1-3-16-12-27-24(28-13-16)30-8-6-18(7-9-30)31-21-15-26-23(10-17(21)14-29-31)34-22-5-4-19(11-20(22)25)35(2,32)33/h4-5,10-15,18H,3,6-9H2,1-2H3. The summed E-state index contributed by atoms with van der Waals surface area (Å²) in [5, 5.41) is 5.40. The minimum atomic E-state index is -3.51. The summed E-state index contributed by atoms with van der Waals surface area (Å²) in [6.45, 7) is 3.74. The molecule has 0 N–H and O–H groups in total. The number of rotatable bonds is 6. The Labute approximate surface area is 202 Å². The highest BCUT2D eigenvalue weighted by atomic mass is 32.2. The monoisotopic (exact) mass is 496 g/mol. The SMILES string of the molecule is CCc1cnc(N2CCC(n3ncc4cc(Oc5ccc(S(C)(=O)=O)cc5F)ncc43)CC2)nc1. The fourth-order valence-electron chi connectivity index (χ4n) is 4.18. The van der Waals surface area contributed by atoms with Gasteiger partial charge in [0.25, 0.3) is 0 Å². The van der Waals surface area contributed by atoms with Gasteiger partial charge in [-0.1, -0.05) is 6.92 Å². The van der Waals surface area contributed by atoms with E-state index in [1.807, 2.05) is 17.1 Å². The lowest BCUT2D eigenvalue weighted by Crippen LogP contribution is -2.36. The zero-order valence-corrected chi connectivity index (χ0v) is 20.2. The van der Waals surface area contributed by atoms with Crippen LogP contribution in [0.15, 0.2) is 53.9 Å². The Morgan fingerprint density at radius 2 is 1.80 bits per heavy atom. The van der Waals surface area contributed by atoms with E-state index in [2.05, 4.69) is 31.9 Å². The first-order chi connectivity index (χ1) is 16.8. The van der Waals surface area contributed by atoms with Crippen LogP contribution in [-0.4, -0.2) is 52.5 Å². The van der Waals surface area contributed by atoms with Crippen molar-refractivity contribution < 1.29 is 17.5 Å². The average Bonchev–Trinajstić information content (AvgIpc) is 3.28. The van der Waals surface area contributed by atoms with Crippen molar-refractivity contribution in [1.29, 1.82) is 0 Å². The molecule has 1 aromatic carbocycles. The number of hydrogen-bond donors (Lipinski definition) is 0. The molecule has 0 aliphatic carbocycles. The number of ether oxygens (including phenoxy) is 1. The fraction of sp³-hybridized carbons (Fsp3) is 0.333. The highest BCUT2D eigenvalue weighted by Gasteiger charge is 2.24. The van der Waals surface area contributed by atoms with Crippen molar-refractivity contribution in [3.8, 4) is 11.6 Å². The number of hydrogen-bond acceptors (Lipinski definition) is 8. The summed E-state index contributed by atoms with van der Waals surface area (Å²) >= 11 is 0. The maximum Gasteiger partial charge on any atom is 0.225 e. The lowest BCUT2D eigenvalue weighted by molar-refractivity contribution is 0.373. The van der Waals surface area contributed by atoms with Crippen molar-refractivity contribution >= 4 is 26.7 Å². The minimum absolute atomic E-state index is 0.0989. The number of nitrogens with zero attached hydrogens (tertiary/aromatic N) is 6. The van der Waals surface area contributed by atoms with Crippen molar-refractivity contribution in [2.45, 2.75) is 37.1 Å². The molecule has 4 heterocycles. The van der Waals surface area contributed by atoms with Crippen LogP contribution in [0.1, 0.15) is 31.4 Å². The highest BCUT2D eigenvalue weighted by molar-refractivity contribution is 7.90. The van der Waals surface area contributed by atoms with Gasteiger partial charge in [0.1, 0.15) is 0 Å². The van der Waals surface area contributed by atoms with Gasteiger partial charge >= 0.3 is 0 Å². The minimum Gasteiger partial charge on any atom is -0.436 e. The third-order valence-electron chi connectivity index (χ3n) is 6.20. The van der Waals surface area contributed by atoms with E-state index in [1.54, 1.807) is 18.5 Å². The van der Waals surface area contributed by atoms with Crippen LogP contribution in [0.2, 0.25) is 0 Å². The van der Waals surface area contributed by atoms with Crippen LogP contribution in [0.3, 0.4) is 0 Å². The summed E-state index contributed by atoms with van der Waals surface area (Å²) in [7, 11) is -3.51. The predicted molar refractivity (Wildman–Crippen MR) is 129 cm³/mol. The third-order valence-corrected chi connectivity index (χ3v) is 7.31. The van der Waals surface area contributed by atoms with Crippen LogP contribution in [0, 0.1) is 5.82 Å². The molecule has 3 aromatic heterocycles. The van der Waals surface area contributed by atoms with Crippen LogP contribution in [-0.2, 0) is 16.3 Å². The van der Waals surface area contributed by atoms with Crippen LogP contribution < -0.4 is 9.64 Å². The van der Waals surface area contributed by atoms with Gasteiger partial charge in [-0.15, -0.1) is 0 Å². The van der Waals surface area contributed by atoms with Crippen molar-refractivity contribution in [3.63, 3.8) is 0 Å². The quantitative estimate of drug-likeness (QED) is 0.395. The van der Waals surface area contributed by atoms with Gasteiger partial charge in [-0.05, 0) is 43.0 Å². The number of aryl methyl sites for hydroxylation is 1. The van der Waals surface area contributed by atoms with Gasteiger partial charge in [0.15, 0.2) is 21.4 Å². The molecule has 182 valence electrons. The Balaban J connectivity index is 1.29. The number of fused-ring (bicyclic) bond motifs is 1. The maximum atomic E-state index is 14.4. The molecule has 0 atom stereocenters. The summed E-state index contributed by atoms with van der Waals surface area (Å²) in [5.41, 5.74) is 1.99. The van der Waals surface area contributed by atoms with Gasteiger partial charge in [0.05, 0.1) is 28.8 Å². The van der Waals surface area contributed by atoms with E-state index in [0.29, 0.717) is 0 Å². The molecule has 4 aromatic rings. The van der Waals surface area contributed by atoms with Crippen LogP contribution in [0.4, 0.5) is 10.3 Å². The first kappa shape index (κ1) is 23.2. The number of halogens is 1. The zero-order chi connectivity index (χ0) is 24.6. The third kappa shape index (κ3) is 4.81. The molecule has 11 heteroatoms. The molecule has 35 heavy (non-hydrogen) atoms. The Kier molecular flexibility index (Phi) is 6.10. The Morgan fingerprint density at radius 3 is 2.46 bits per heavy atom. The van der Waals surface area contributed by atoms with Gasteiger partial charge < -0.3 is 9.64 Å². The van der Waals surface area contributed by atoms with Gasteiger partial charge in [-0.2, -0.15) is 5.10 Å². The van der Waals surface area contributed by atoms with Crippen LogP contribution in [0.5, 0.6) is 11.6 Å². The molecule has 0 unspecified atom stereocenters. The number of anilines is 1. The predicted octanol–water partition coefficient (Wildman–Crippen LogP) is 3.96. The molecule has 0 saturated carbocycles. The van der Waals surface area contributed by atoms with E-state index in [1.165, 1.54) is 12.1 Å². The van der Waals surface area contributed by atoms with Gasteiger partial charge in [-0.3, -0.25) is 4.68 Å². The molecule has 0 amide bonds. The number of sulfone groups is 1. The second-order valence-electron chi connectivity index (χ2n) is 8.60. The summed E-state index contributed by atoms with van der Waals surface area (Å²) in [6, 6.07) is 5.44. The molecule has 5 rings (SSSR count). The summed E-state index contributed by atoms with van der Waals surface area (Å²) in [4.78, 5) is 15.4. The Morgan fingerprint density at radius 1 is 1.06 bits per heavy atom. The maximum absolute atomic E-state index is 14.4. The number of benzene rings is 1. The topological polar surface area (TPSA) is 103 Å². The molecule has 0 spiro atoms. The van der Waals surface area contributed by atoms with Crippen molar-refractivity contribution in [1.82, 2.24) is 24.7 Å². The molecular formula is C24H25FN6O3S. The second-order valence-corrected chi connectivity index (χ2v) is 10.6.